The minimum absolute atomic E-state index is 0.297. The summed E-state index contributed by atoms with van der Waals surface area (Å²) in [6.45, 7) is 5.85. The molecule has 4 nitrogen and oxygen atoms in total. The van der Waals surface area contributed by atoms with Gasteiger partial charge in [-0.3, -0.25) is 0 Å². The molecule has 0 saturated carbocycles. The Labute approximate surface area is 115 Å². The summed E-state index contributed by atoms with van der Waals surface area (Å²) in [6.07, 6.45) is 1.48. The molecule has 1 heterocycles. The maximum absolute atomic E-state index is 11.6. The van der Waals surface area contributed by atoms with Gasteiger partial charge in [0.15, 0.2) is 0 Å². The van der Waals surface area contributed by atoms with Crippen LogP contribution in [-0.4, -0.2) is 38.2 Å². The highest BCUT2D eigenvalue weighted by Gasteiger charge is 2.27. The van der Waals surface area contributed by atoms with Gasteiger partial charge in [-0.2, -0.15) is 0 Å². The van der Waals surface area contributed by atoms with Crippen LogP contribution in [0.3, 0.4) is 0 Å². The molecule has 0 unspecified atom stereocenters. The average molecular weight is 283 g/mol. The van der Waals surface area contributed by atoms with Gasteiger partial charge in [-0.15, -0.1) is 0 Å². The lowest BCUT2D eigenvalue weighted by atomic mass is 10.1. The normalized spacial score (nSPS) is 18.6. The lowest BCUT2D eigenvalue weighted by molar-refractivity contribution is 0.292. The van der Waals surface area contributed by atoms with E-state index < -0.39 is 10.0 Å². The van der Waals surface area contributed by atoms with Crippen molar-refractivity contribution in [3.05, 3.63) is 29.3 Å². The maximum Gasteiger partial charge on any atom is 0.214 e. The monoisotopic (exact) mass is 283 g/mol. The lowest BCUT2D eigenvalue weighted by Gasteiger charge is -2.14. The molecular formula is C14H21NO3S. The SMILES string of the molecule is Cc1cc(C)cc(OCCCN2CCCS2(=O)=O)c1. The second-order valence-electron chi connectivity index (χ2n) is 5.09. The zero-order chi connectivity index (χ0) is 13.9. The van der Waals surface area contributed by atoms with E-state index in [1.807, 2.05) is 26.0 Å². The number of ether oxygens (including phenoxy) is 1. The minimum Gasteiger partial charge on any atom is -0.494 e. The molecule has 1 saturated heterocycles. The summed E-state index contributed by atoms with van der Waals surface area (Å²) in [5, 5.41) is 0. The number of rotatable bonds is 5. The molecule has 0 spiro atoms. The molecule has 0 aliphatic carbocycles. The summed E-state index contributed by atoms with van der Waals surface area (Å²) in [6, 6.07) is 6.10. The van der Waals surface area contributed by atoms with Crippen molar-refractivity contribution in [1.82, 2.24) is 4.31 Å². The van der Waals surface area contributed by atoms with Gasteiger partial charge < -0.3 is 4.74 Å². The topological polar surface area (TPSA) is 46.6 Å². The van der Waals surface area contributed by atoms with Gasteiger partial charge in [0.25, 0.3) is 0 Å². The van der Waals surface area contributed by atoms with Crippen molar-refractivity contribution < 1.29 is 13.2 Å². The predicted molar refractivity (Wildman–Crippen MR) is 76.0 cm³/mol. The van der Waals surface area contributed by atoms with Crippen LogP contribution in [0.1, 0.15) is 24.0 Å². The Hall–Kier alpha value is -1.07. The van der Waals surface area contributed by atoms with Crippen LogP contribution in [-0.2, 0) is 10.0 Å². The fraction of sp³-hybridized carbons (Fsp3) is 0.571. The highest BCUT2D eigenvalue weighted by molar-refractivity contribution is 7.89. The van der Waals surface area contributed by atoms with E-state index in [0.29, 0.717) is 25.4 Å². The van der Waals surface area contributed by atoms with E-state index in [4.69, 9.17) is 4.74 Å². The smallest absolute Gasteiger partial charge is 0.214 e. The molecule has 1 aliphatic rings. The van der Waals surface area contributed by atoms with Crippen LogP contribution in [0.2, 0.25) is 0 Å². The molecule has 1 aromatic rings. The van der Waals surface area contributed by atoms with Gasteiger partial charge in [-0.1, -0.05) is 6.07 Å². The number of aryl methyl sites for hydroxylation is 2. The third-order valence-electron chi connectivity index (χ3n) is 3.22. The Balaban J connectivity index is 1.78. The fourth-order valence-electron chi connectivity index (χ4n) is 2.39. The predicted octanol–water partition coefficient (Wildman–Crippen LogP) is 2.11. The Morgan fingerprint density at radius 1 is 1.21 bits per heavy atom. The zero-order valence-electron chi connectivity index (χ0n) is 11.6. The van der Waals surface area contributed by atoms with Crippen molar-refractivity contribution >= 4 is 10.0 Å². The first-order valence-corrected chi connectivity index (χ1v) is 8.27. The number of sulfonamides is 1. The summed E-state index contributed by atoms with van der Waals surface area (Å²) in [5.41, 5.74) is 2.36. The highest BCUT2D eigenvalue weighted by atomic mass is 32.2. The van der Waals surface area contributed by atoms with Crippen molar-refractivity contribution in [1.29, 1.82) is 0 Å². The summed E-state index contributed by atoms with van der Waals surface area (Å²) in [4.78, 5) is 0. The standard InChI is InChI=1S/C14H21NO3S/c1-12-9-13(2)11-14(10-12)18-7-3-5-15-6-4-8-19(15,16)17/h9-11H,3-8H2,1-2H3. The van der Waals surface area contributed by atoms with Gasteiger partial charge in [0.05, 0.1) is 12.4 Å². The van der Waals surface area contributed by atoms with Crippen molar-refractivity contribution in [2.75, 3.05) is 25.4 Å². The first kappa shape index (κ1) is 14.3. The summed E-state index contributed by atoms with van der Waals surface area (Å²) >= 11 is 0. The molecule has 2 rings (SSSR count). The Morgan fingerprint density at radius 2 is 1.89 bits per heavy atom. The summed E-state index contributed by atoms with van der Waals surface area (Å²) < 4.78 is 30.4. The van der Waals surface area contributed by atoms with E-state index in [1.165, 1.54) is 11.1 Å². The lowest BCUT2D eigenvalue weighted by Crippen LogP contribution is -2.27. The maximum atomic E-state index is 11.6. The van der Waals surface area contributed by atoms with E-state index in [1.54, 1.807) is 4.31 Å². The first-order chi connectivity index (χ1) is 8.97. The zero-order valence-corrected chi connectivity index (χ0v) is 12.4. The number of hydrogen-bond acceptors (Lipinski definition) is 3. The second kappa shape index (κ2) is 5.92. The van der Waals surface area contributed by atoms with Gasteiger partial charge in [-0.05, 0) is 49.9 Å². The van der Waals surface area contributed by atoms with Crippen molar-refractivity contribution in [2.24, 2.45) is 0 Å². The summed E-state index contributed by atoms with van der Waals surface area (Å²) in [5.74, 6) is 1.16. The van der Waals surface area contributed by atoms with Crippen LogP contribution in [0.15, 0.2) is 18.2 Å². The van der Waals surface area contributed by atoms with Crippen LogP contribution >= 0.6 is 0 Å². The van der Waals surface area contributed by atoms with Crippen molar-refractivity contribution in [3.63, 3.8) is 0 Å². The Bertz CT molecular complexity index is 519. The molecule has 19 heavy (non-hydrogen) atoms. The third kappa shape index (κ3) is 3.94. The van der Waals surface area contributed by atoms with Crippen molar-refractivity contribution in [3.8, 4) is 5.75 Å². The Morgan fingerprint density at radius 3 is 2.47 bits per heavy atom. The van der Waals surface area contributed by atoms with Crippen LogP contribution < -0.4 is 4.74 Å². The van der Waals surface area contributed by atoms with Crippen LogP contribution in [0.5, 0.6) is 5.75 Å². The van der Waals surface area contributed by atoms with Gasteiger partial charge >= 0.3 is 0 Å². The van der Waals surface area contributed by atoms with E-state index in [-0.39, 0.29) is 0 Å². The van der Waals surface area contributed by atoms with Gasteiger partial charge in [-0.25, -0.2) is 12.7 Å². The molecule has 5 heteroatoms. The van der Waals surface area contributed by atoms with E-state index in [0.717, 1.165) is 18.6 Å². The average Bonchev–Trinajstić information content (AvgIpc) is 2.63. The van der Waals surface area contributed by atoms with E-state index in [2.05, 4.69) is 6.07 Å². The molecule has 0 radical (unpaired) electrons. The molecule has 1 aromatic carbocycles. The highest BCUT2D eigenvalue weighted by Crippen LogP contribution is 2.17. The van der Waals surface area contributed by atoms with E-state index >= 15 is 0 Å². The van der Waals surface area contributed by atoms with Gasteiger partial charge in [0.2, 0.25) is 10.0 Å². The largest absolute Gasteiger partial charge is 0.494 e. The molecule has 0 bridgehead atoms. The third-order valence-corrected chi connectivity index (χ3v) is 5.18. The molecule has 0 atom stereocenters. The quantitative estimate of drug-likeness (QED) is 0.778. The van der Waals surface area contributed by atoms with Crippen LogP contribution in [0, 0.1) is 13.8 Å². The van der Waals surface area contributed by atoms with Gasteiger partial charge in [0, 0.05) is 13.1 Å². The summed E-state index contributed by atoms with van der Waals surface area (Å²) in [7, 11) is -2.97. The minimum atomic E-state index is -2.97. The number of hydrogen-bond donors (Lipinski definition) is 0. The first-order valence-electron chi connectivity index (χ1n) is 6.66. The number of benzene rings is 1. The molecule has 0 N–H and O–H groups in total. The molecule has 1 fully saturated rings. The molecule has 1 aliphatic heterocycles. The van der Waals surface area contributed by atoms with Crippen LogP contribution in [0.4, 0.5) is 0 Å². The second-order valence-corrected chi connectivity index (χ2v) is 7.18. The fourth-order valence-corrected chi connectivity index (χ4v) is 3.96. The number of nitrogens with zero attached hydrogens (tertiary/aromatic N) is 1. The van der Waals surface area contributed by atoms with E-state index in [9.17, 15) is 8.42 Å². The molecule has 0 amide bonds. The molecular weight excluding hydrogens is 262 g/mol. The van der Waals surface area contributed by atoms with Gasteiger partial charge in [0.1, 0.15) is 5.75 Å². The Kier molecular flexibility index (Phi) is 4.47. The van der Waals surface area contributed by atoms with Crippen molar-refractivity contribution in [2.45, 2.75) is 26.7 Å². The van der Waals surface area contributed by atoms with Crippen LogP contribution in [0.25, 0.3) is 0 Å². The molecule has 0 aromatic heterocycles. The molecule has 106 valence electrons.